The molecule has 152 valence electrons. The van der Waals surface area contributed by atoms with Crippen LogP contribution in [0.3, 0.4) is 0 Å². The Morgan fingerprint density at radius 2 is 1.87 bits per heavy atom. The maximum atomic E-state index is 12.1. The van der Waals surface area contributed by atoms with Gasteiger partial charge in [0.05, 0.1) is 5.69 Å². The van der Waals surface area contributed by atoms with Crippen molar-refractivity contribution in [3.8, 4) is 5.75 Å². The zero-order chi connectivity index (χ0) is 21.2. The summed E-state index contributed by atoms with van der Waals surface area (Å²) in [6, 6.07) is 20.3. The monoisotopic (exact) mass is 401 g/mol. The van der Waals surface area contributed by atoms with Crippen LogP contribution >= 0.6 is 0 Å². The second-order valence-electron chi connectivity index (χ2n) is 6.51. The quantitative estimate of drug-likeness (QED) is 0.567. The zero-order valence-electron chi connectivity index (χ0n) is 16.7. The Kier molecular flexibility index (Phi) is 7.33. The lowest BCUT2D eigenvalue weighted by Crippen LogP contribution is -2.21. The van der Waals surface area contributed by atoms with Gasteiger partial charge in [0.15, 0.2) is 0 Å². The summed E-state index contributed by atoms with van der Waals surface area (Å²) in [5.74, 6) is 0.365. The summed E-state index contributed by atoms with van der Waals surface area (Å²) >= 11 is 0. The number of hydrogen-bond donors (Lipinski definition) is 2. The zero-order valence-corrected chi connectivity index (χ0v) is 16.7. The first-order valence-electron chi connectivity index (χ1n) is 9.54. The highest BCUT2D eigenvalue weighted by Crippen LogP contribution is 2.14. The van der Waals surface area contributed by atoms with Gasteiger partial charge in [-0.05, 0) is 53.6 Å². The predicted octanol–water partition coefficient (Wildman–Crippen LogP) is 3.35. The number of pyridine rings is 1. The van der Waals surface area contributed by atoms with Gasteiger partial charge in [-0.3, -0.25) is 14.6 Å². The standard InChI is InChI=1S/C24H23N3O3/c1-25-24(29)20-6-4-5-19(15-20)16-27-23(28)13-10-18-8-11-22(12-9-18)30-17-21-7-2-3-14-26-21/h2-15H,16-17H2,1H3,(H,25,29)(H,27,28)/b13-10+. The molecular weight excluding hydrogens is 378 g/mol. The first-order chi connectivity index (χ1) is 14.6. The van der Waals surface area contributed by atoms with E-state index in [1.54, 1.807) is 37.5 Å². The lowest BCUT2D eigenvalue weighted by Gasteiger charge is -2.06. The molecule has 30 heavy (non-hydrogen) atoms. The summed E-state index contributed by atoms with van der Waals surface area (Å²) in [6.07, 6.45) is 4.95. The Labute approximate surface area is 175 Å². The maximum absolute atomic E-state index is 12.1. The number of rotatable bonds is 8. The van der Waals surface area contributed by atoms with Gasteiger partial charge < -0.3 is 15.4 Å². The summed E-state index contributed by atoms with van der Waals surface area (Å²) in [5.41, 5.74) is 3.16. The van der Waals surface area contributed by atoms with E-state index in [2.05, 4.69) is 15.6 Å². The van der Waals surface area contributed by atoms with Crippen LogP contribution in [0.25, 0.3) is 6.08 Å². The van der Waals surface area contributed by atoms with Crippen LogP contribution < -0.4 is 15.4 Å². The molecule has 0 fully saturated rings. The highest BCUT2D eigenvalue weighted by Gasteiger charge is 2.04. The minimum absolute atomic E-state index is 0.157. The van der Waals surface area contributed by atoms with Crippen molar-refractivity contribution in [1.82, 2.24) is 15.6 Å². The van der Waals surface area contributed by atoms with E-state index >= 15 is 0 Å². The average Bonchev–Trinajstić information content (AvgIpc) is 2.81. The molecule has 2 N–H and O–H groups in total. The fourth-order valence-corrected chi connectivity index (χ4v) is 2.70. The van der Waals surface area contributed by atoms with Crippen molar-refractivity contribution < 1.29 is 14.3 Å². The van der Waals surface area contributed by atoms with E-state index in [0.29, 0.717) is 18.7 Å². The summed E-state index contributed by atoms with van der Waals surface area (Å²) in [4.78, 5) is 28.0. The van der Waals surface area contributed by atoms with E-state index in [-0.39, 0.29) is 11.8 Å². The van der Waals surface area contributed by atoms with Gasteiger partial charge in [-0.25, -0.2) is 0 Å². The highest BCUT2D eigenvalue weighted by atomic mass is 16.5. The predicted molar refractivity (Wildman–Crippen MR) is 116 cm³/mol. The smallest absolute Gasteiger partial charge is 0.251 e. The van der Waals surface area contributed by atoms with Crippen molar-refractivity contribution >= 4 is 17.9 Å². The minimum Gasteiger partial charge on any atom is -0.487 e. The highest BCUT2D eigenvalue weighted by molar-refractivity contribution is 5.94. The third-order valence-corrected chi connectivity index (χ3v) is 4.30. The van der Waals surface area contributed by atoms with Crippen LogP contribution in [-0.4, -0.2) is 23.8 Å². The number of aromatic nitrogens is 1. The number of hydrogen-bond acceptors (Lipinski definition) is 4. The molecule has 0 aliphatic heterocycles. The molecule has 2 amide bonds. The Morgan fingerprint density at radius 3 is 2.60 bits per heavy atom. The number of carbonyl (C=O) groups is 2. The number of carbonyl (C=O) groups excluding carboxylic acids is 2. The summed E-state index contributed by atoms with van der Waals surface area (Å²) in [7, 11) is 1.58. The molecule has 1 aromatic heterocycles. The number of benzene rings is 2. The van der Waals surface area contributed by atoms with E-state index in [0.717, 1.165) is 22.6 Å². The Hall–Kier alpha value is -3.93. The molecular formula is C24H23N3O3. The van der Waals surface area contributed by atoms with Crippen LogP contribution in [0.4, 0.5) is 0 Å². The molecule has 0 saturated heterocycles. The first kappa shape index (κ1) is 20.8. The lowest BCUT2D eigenvalue weighted by atomic mass is 10.1. The number of nitrogens with one attached hydrogen (secondary N) is 2. The Morgan fingerprint density at radius 1 is 1.03 bits per heavy atom. The Balaban J connectivity index is 1.48. The number of nitrogens with zero attached hydrogens (tertiary/aromatic N) is 1. The van der Waals surface area contributed by atoms with Gasteiger partial charge in [0.2, 0.25) is 5.91 Å². The second kappa shape index (κ2) is 10.6. The Bertz CT molecular complexity index is 1020. The van der Waals surface area contributed by atoms with Crippen LogP contribution in [0, 0.1) is 0 Å². The van der Waals surface area contributed by atoms with Gasteiger partial charge in [0.25, 0.3) is 5.91 Å². The van der Waals surface area contributed by atoms with Gasteiger partial charge in [-0.1, -0.05) is 30.3 Å². The van der Waals surface area contributed by atoms with Crippen molar-refractivity contribution in [2.45, 2.75) is 13.2 Å². The van der Waals surface area contributed by atoms with Crippen molar-refractivity contribution in [2.24, 2.45) is 0 Å². The molecule has 0 spiro atoms. The fraction of sp³-hybridized carbons (Fsp3) is 0.125. The van der Waals surface area contributed by atoms with Gasteiger partial charge in [0, 0.05) is 31.4 Å². The molecule has 0 saturated carbocycles. The van der Waals surface area contributed by atoms with Gasteiger partial charge in [-0.15, -0.1) is 0 Å². The average molecular weight is 401 g/mol. The van der Waals surface area contributed by atoms with Crippen molar-refractivity contribution in [1.29, 1.82) is 0 Å². The molecule has 3 aromatic rings. The molecule has 1 heterocycles. The molecule has 0 bridgehead atoms. The van der Waals surface area contributed by atoms with Crippen LogP contribution in [-0.2, 0) is 17.9 Å². The normalized spacial score (nSPS) is 10.6. The van der Waals surface area contributed by atoms with Crippen molar-refractivity contribution in [3.63, 3.8) is 0 Å². The van der Waals surface area contributed by atoms with E-state index in [4.69, 9.17) is 4.74 Å². The van der Waals surface area contributed by atoms with E-state index in [1.807, 2.05) is 48.5 Å². The summed E-state index contributed by atoms with van der Waals surface area (Å²) in [5, 5.41) is 5.40. The van der Waals surface area contributed by atoms with Crippen LogP contribution in [0.5, 0.6) is 5.75 Å². The molecule has 6 heteroatoms. The molecule has 0 radical (unpaired) electrons. The molecule has 0 unspecified atom stereocenters. The molecule has 0 aliphatic rings. The van der Waals surface area contributed by atoms with Crippen molar-refractivity contribution in [3.05, 3.63) is 101 Å². The molecule has 0 aliphatic carbocycles. The van der Waals surface area contributed by atoms with Gasteiger partial charge >= 0.3 is 0 Å². The molecule has 3 rings (SSSR count). The molecule has 0 atom stereocenters. The molecule has 2 aromatic carbocycles. The summed E-state index contributed by atoms with van der Waals surface area (Å²) in [6.45, 7) is 0.744. The van der Waals surface area contributed by atoms with E-state index in [1.165, 1.54) is 6.08 Å². The topological polar surface area (TPSA) is 80.3 Å². The SMILES string of the molecule is CNC(=O)c1cccc(CNC(=O)/C=C/c2ccc(OCc3ccccn3)cc2)c1. The van der Waals surface area contributed by atoms with Crippen molar-refractivity contribution in [2.75, 3.05) is 7.05 Å². The number of amides is 2. The number of ether oxygens (including phenoxy) is 1. The molecule has 6 nitrogen and oxygen atoms in total. The maximum Gasteiger partial charge on any atom is 0.251 e. The van der Waals surface area contributed by atoms with Crippen LogP contribution in [0.2, 0.25) is 0 Å². The van der Waals surface area contributed by atoms with E-state index < -0.39 is 0 Å². The minimum atomic E-state index is -0.212. The summed E-state index contributed by atoms with van der Waals surface area (Å²) < 4.78 is 5.70. The third kappa shape index (κ3) is 6.31. The van der Waals surface area contributed by atoms with Crippen LogP contribution in [0.1, 0.15) is 27.2 Å². The van der Waals surface area contributed by atoms with Gasteiger partial charge in [0.1, 0.15) is 12.4 Å². The fourth-order valence-electron chi connectivity index (χ4n) is 2.70. The third-order valence-electron chi connectivity index (χ3n) is 4.30. The van der Waals surface area contributed by atoms with Gasteiger partial charge in [-0.2, -0.15) is 0 Å². The second-order valence-corrected chi connectivity index (χ2v) is 6.51. The first-order valence-corrected chi connectivity index (χ1v) is 9.54. The largest absolute Gasteiger partial charge is 0.487 e. The lowest BCUT2D eigenvalue weighted by molar-refractivity contribution is -0.116. The van der Waals surface area contributed by atoms with Crippen LogP contribution in [0.15, 0.2) is 79.0 Å². The van der Waals surface area contributed by atoms with E-state index in [9.17, 15) is 9.59 Å².